The van der Waals surface area contributed by atoms with Gasteiger partial charge in [-0.1, -0.05) is 12.8 Å². The van der Waals surface area contributed by atoms with Crippen molar-refractivity contribution in [2.75, 3.05) is 7.11 Å². The maximum absolute atomic E-state index is 12.2. The summed E-state index contributed by atoms with van der Waals surface area (Å²) in [6.45, 7) is 0.419. The molecule has 0 amide bonds. The lowest BCUT2D eigenvalue weighted by Crippen LogP contribution is -2.45. The molecule has 1 aliphatic heterocycles. The highest BCUT2D eigenvalue weighted by Gasteiger charge is 2.45. The molecule has 1 saturated heterocycles. The van der Waals surface area contributed by atoms with Gasteiger partial charge in [0.2, 0.25) is 0 Å². The van der Waals surface area contributed by atoms with Gasteiger partial charge in [-0.25, -0.2) is 4.79 Å². The molecule has 1 aromatic heterocycles. The van der Waals surface area contributed by atoms with Gasteiger partial charge in [0.15, 0.2) is 0 Å². The number of rotatable bonds is 3. The zero-order valence-electron chi connectivity index (χ0n) is 14.5. The predicted molar refractivity (Wildman–Crippen MR) is 88.6 cm³/mol. The lowest BCUT2D eigenvalue weighted by molar-refractivity contribution is -0.146. The number of nitrogens with zero attached hydrogens (tertiary/aromatic N) is 3. The van der Waals surface area contributed by atoms with Crippen LogP contribution in [0.3, 0.4) is 0 Å². The molecule has 3 atom stereocenters. The van der Waals surface area contributed by atoms with Crippen molar-refractivity contribution in [2.45, 2.75) is 50.7 Å². The topological polar surface area (TPSA) is 73.5 Å². The van der Waals surface area contributed by atoms with Crippen molar-refractivity contribution in [3.05, 3.63) is 32.6 Å². The third kappa shape index (κ3) is 2.81. The summed E-state index contributed by atoms with van der Waals surface area (Å²) in [5, 5.41) is 0. The van der Waals surface area contributed by atoms with Crippen LogP contribution in [0.5, 0.6) is 0 Å². The molecule has 2 aliphatic rings. The lowest BCUT2D eigenvalue weighted by atomic mass is 9.85. The zero-order valence-corrected chi connectivity index (χ0v) is 14.5. The molecule has 0 bridgehead atoms. The van der Waals surface area contributed by atoms with Gasteiger partial charge in [-0.2, -0.15) is 0 Å². The number of likely N-dealkylation sites (tertiary alicyclic amines) is 1. The largest absolute Gasteiger partial charge is 0.468 e. The molecule has 0 N–H and O–H groups in total. The molecule has 7 nitrogen and oxygen atoms in total. The van der Waals surface area contributed by atoms with Gasteiger partial charge >= 0.3 is 11.7 Å². The molecule has 0 aromatic carbocycles. The first-order chi connectivity index (χ1) is 11.4. The molecule has 132 valence electrons. The van der Waals surface area contributed by atoms with Crippen molar-refractivity contribution < 1.29 is 9.53 Å². The minimum absolute atomic E-state index is 0.224. The lowest BCUT2D eigenvalue weighted by Gasteiger charge is -2.33. The van der Waals surface area contributed by atoms with Crippen LogP contribution in [0.2, 0.25) is 0 Å². The van der Waals surface area contributed by atoms with E-state index >= 15 is 0 Å². The van der Waals surface area contributed by atoms with Gasteiger partial charge < -0.3 is 4.74 Å². The summed E-state index contributed by atoms with van der Waals surface area (Å²) in [7, 11) is 4.55. The molecule has 1 saturated carbocycles. The first kappa shape index (κ1) is 17.0. The molecule has 7 heteroatoms. The fourth-order valence-corrected chi connectivity index (χ4v) is 4.27. The Kier molecular flexibility index (Phi) is 4.62. The molecule has 24 heavy (non-hydrogen) atoms. The van der Waals surface area contributed by atoms with Crippen LogP contribution in [0, 0.1) is 5.92 Å². The van der Waals surface area contributed by atoms with Crippen LogP contribution in [0.1, 0.15) is 37.8 Å². The Balaban J connectivity index is 1.95. The summed E-state index contributed by atoms with van der Waals surface area (Å²) < 4.78 is 7.57. The van der Waals surface area contributed by atoms with Gasteiger partial charge in [0.1, 0.15) is 6.04 Å². The summed E-state index contributed by atoms with van der Waals surface area (Å²) in [4.78, 5) is 38.5. The first-order valence-corrected chi connectivity index (χ1v) is 8.53. The van der Waals surface area contributed by atoms with Crippen molar-refractivity contribution in [3.8, 4) is 0 Å². The Hall–Kier alpha value is -1.89. The van der Waals surface area contributed by atoms with Crippen molar-refractivity contribution in [2.24, 2.45) is 20.0 Å². The number of fused-ring (bicyclic) bond motifs is 1. The second-order valence-electron chi connectivity index (χ2n) is 6.93. The third-order valence-corrected chi connectivity index (χ3v) is 5.66. The van der Waals surface area contributed by atoms with Gasteiger partial charge in [0.25, 0.3) is 5.56 Å². The zero-order chi connectivity index (χ0) is 17.4. The van der Waals surface area contributed by atoms with Crippen molar-refractivity contribution in [1.29, 1.82) is 0 Å². The molecule has 3 rings (SSSR count). The second kappa shape index (κ2) is 6.55. The Labute approximate surface area is 140 Å². The van der Waals surface area contributed by atoms with Gasteiger partial charge in [-0.05, 0) is 25.2 Å². The molecular formula is C17H25N3O4. The van der Waals surface area contributed by atoms with Crippen molar-refractivity contribution in [1.82, 2.24) is 14.0 Å². The average Bonchev–Trinajstić information content (AvgIpc) is 2.95. The van der Waals surface area contributed by atoms with Gasteiger partial charge in [-0.15, -0.1) is 0 Å². The van der Waals surface area contributed by atoms with E-state index in [0.717, 1.165) is 30.3 Å². The van der Waals surface area contributed by atoms with E-state index in [1.807, 2.05) is 0 Å². The highest BCUT2D eigenvalue weighted by Crippen LogP contribution is 2.40. The molecular weight excluding hydrogens is 310 g/mol. The summed E-state index contributed by atoms with van der Waals surface area (Å²) in [5.41, 5.74) is -0.0168. The van der Waals surface area contributed by atoms with Crippen molar-refractivity contribution in [3.63, 3.8) is 0 Å². The number of methoxy groups -OCH3 is 1. The van der Waals surface area contributed by atoms with E-state index in [4.69, 9.17) is 4.74 Å². The molecule has 2 fully saturated rings. The van der Waals surface area contributed by atoms with Gasteiger partial charge in [0.05, 0.1) is 7.11 Å². The van der Waals surface area contributed by atoms with Crippen LogP contribution in [0.15, 0.2) is 15.7 Å². The first-order valence-electron chi connectivity index (χ1n) is 8.53. The van der Waals surface area contributed by atoms with Crippen molar-refractivity contribution >= 4 is 5.97 Å². The summed E-state index contributed by atoms with van der Waals surface area (Å²) in [6.07, 6.45) is 5.34. The van der Waals surface area contributed by atoms with Gasteiger partial charge in [0, 0.05) is 38.4 Å². The molecule has 0 spiro atoms. The van der Waals surface area contributed by atoms with Crippen LogP contribution in [-0.4, -0.2) is 39.2 Å². The van der Waals surface area contributed by atoms with Crippen LogP contribution in [-0.2, 0) is 30.2 Å². The Morgan fingerprint density at radius 1 is 1.21 bits per heavy atom. The second-order valence-corrected chi connectivity index (χ2v) is 6.93. The average molecular weight is 335 g/mol. The van der Waals surface area contributed by atoms with E-state index < -0.39 is 0 Å². The number of hydrogen-bond donors (Lipinski definition) is 0. The van der Waals surface area contributed by atoms with Crippen LogP contribution in [0.25, 0.3) is 0 Å². The van der Waals surface area contributed by atoms with E-state index in [1.54, 1.807) is 7.05 Å². The normalized spacial score (nSPS) is 27.0. The molecule has 0 unspecified atom stereocenters. The number of hydrogen-bond acceptors (Lipinski definition) is 5. The van der Waals surface area contributed by atoms with E-state index in [-0.39, 0.29) is 23.3 Å². The molecule has 2 heterocycles. The van der Waals surface area contributed by atoms with E-state index in [1.165, 1.54) is 31.2 Å². The van der Waals surface area contributed by atoms with E-state index in [2.05, 4.69) is 4.90 Å². The number of carbonyl (C=O) groups is 1. The highest BCUT2D eigenvalue weighted by molar-refractivity contribution is 5.76. The number of carbonyl (C=O) groups excluding carboxylic acids is 1. The smallest absolute Gasteiger partial charge is 0.330 e. The Morgan fingerprint density at radius 3 is 2.62 bits per heavy atom. The standard InChI is InChI=1S/C17H25N3O4/c1-18-12(9-15(21)19(2)17(18)23)10-20-13-7-5-4-6-11(13)8-14(20)16(22)24-3/h9,11,13-14H,4-8,10H2,1-3H3/t11-,13-,14-/m0/s1. The Morgan fingerprint density at radius 2 is 1.92 bits per heavy atom. The highest BCUT2D eigenvalue weighted by atomic mass is 16.5. The van der Waals surface area contributed by atoms with Crippen LogP contribution < -0.4 is 11.2 Å². The predicted octanol–water partition coefficient (Wildman–Crippen LogP) is 0.390. The fourth-order valence-electron chi connectivity index (χ4n) is 4.27. The number of esters is 1. The fraction of sp³-hybridized carbons (Fsp3) is 0.706. The molecule has 1 aliphatic carbocycles. The van der Waals surface area contributed by atoms with Crippen LogP contribution in [0.4, 0.5) is 0 Å². The third-order valence-electron chi connectivity index (χ3n) is 5.66. The molecule has 1 aromatic rings. The Bertz CT molecular complexity index is 751. The van der Waals surface area contributed by atoms with Crippen LogP contribution >= 0.6 is 0 Å². The number of aromatic nitrogens is 2. The SMILES string of the molecule is COC(=O)[C@@H]1C[C@@H]2CCCC[C@@H]2N1Cc1cc(=O)n(C)c(=O)n1C. The summed E-state index contributed by atoms with van der Waals surface area (Å²) in [6, 6.07) is 1.52. The monoisotopic (exact) mass is 335 g/mol. The minimum Gasteiger partial charge on any atom is -0.468 e. The maximum atomic E-state index is 12.2. The number of ether oxygens (including phenoxy) is 1. The molecule has 0 radical (unpaired) electrons. The maximum Gasteiger partial charge on any atom is 0.330 e. The van der Waals surface area contributed by atoms with E-state index in [0.29, 0.717) is 24.2 Å². The van der Waals surface area contributed by atoms with E-state index in [9.17, 15) is 14.4 Å². The quantitative estimate of drug-likeness (QED) is 0.747. The summed E-state index contributed by atoms with van der Waals surface area (Å²) >= 11 is 0. The minimum atomic E-state index is -0.341. The summed E-state index contributed by atoms with van der Waals surface area (Å²) in [5.74, 6) is 0.268. The van der Waals surface area contributed by atoms with Gasteiger partial charge in [-0.3, -0.25) is 23.6 Å².